The van der Waals surface area contributed by atoms with E-state index in [2.05, 4.69) is 14.8 Å². The molecule has 0 aromatic carbocycles. The van der Waals surface area contributed by atoms with Crippen LogP contribution < -0.4 is 0 Å². The summed E-state index contributed by atoms with van der Waals surface area (Å²) in [7, 11) is -0.731. The molecule has 0 amide bonds. The molecular formula is C6H10N3OS+. The van der Waals surface area contributed by atoms with E-state index in [1.807, 2.05) is 0 Å². The van der Waals surface area contributed by atoms with Gasteiger partial charge in [-0.05, 0) is 0 Å². The van der Waals surface area contributed by atoms with E-state index in [4.69, 9.17) is 0 Å². The first-order valence-corrected chi connectivity index (χ1v) is 5.05. The molecule has 0 aromatic heterocycles. The largest absolute Gasteiger partial charge is 0.249 e. The minimum atomic E-state index is -0.731. The van der Waals surface area contributed by atoms with Gasteiger partial charge in [-0.25, -0.2) is 8.78 Å². The lowest BCUT2D eigenvalue weighted by molar-refractivity contribution is -0.545. The third kappa shape index (κ3) is 1.38. The summed E-state index contributed by atoms with van der Waals surface area (Å²) in [5.74, 6) is 0.774. The molecule has 2 aliphatic heterocycles. The summed E-state index contributed by atoms with van der Waals surface area (Å²) < 4.78 is 13.1. The highest BCUT2D eigenvalue weighted by Gasteiger charge is 2.28. The highest BCUT2D eigenvalue weighted by atomic mass is 32.2. The lowest BCUT2D eigenvalue weighted by atomic mass is 10.3. The average molecular weight is 172 g/mol. The summed E-state index contributed by atoms with van der Waals surface area (Å²) in [6.45, 7) is 2.45. The lowest BCUT2D eigenvalue weighted by Gasteiger charge is -2.00. The van der Waals surface area contributed by atoms with E-state index in [0.29, 0.717) is 6.04 Å². The number of nitrogens with zero attached hydrogens (tertiary/aromatic N) is 3. The molecular weight excluding hydrogens is 162 g/mol. The van der Waals surface area contributed by atoms with Gasteiger partial charge in [0, 0.05) is 0 Å². The summed E-state index contributed by atoms with van der Waals surface area (Å²) in [4.78, 5) is 0. The predicted molar refractivity (Wildman–Crippen MR) is 42.6 cm³/mol. The topological polar surface area (TPSA) is 44.8 Å². The zero-order valence-corrected chi connectivity index (χ0v) is 6.96. The minimum Gasteiger partial charge on any atom is -0.249 e. The first kappa shape index (κ1) is 7.09. The molecule has 2 rings (SSSR count). The van der Waals surface area contributed by atoms with E-state index in [0.717, 1.165) is 25.4 Å². The second-order valence-electron chi connectivity index (χ2n) is 2.73. The van der Waals surface area contributed by atoms with Gasteiger partial charge >= 0.3 is 0 Å². The van der Waals surface area contributed by atoms with Crippen LogP contribution >= 0.6 is 0 Å². The monoisotopic (exact) mass is 172 g/mol. The zero-order valence-electron chi connectivity index (χ0n) is 6.14. The molecule has 0 spiro atoms. The fourth-order valence-electron chi connectivity index (χ4n) is 1.29. The molecule has 0 radical (unpaired) electrons. The standard InChI is InChI=1S/C6H10N3OS/c10-11-2-1-9(5-11)6-3-7-8-4-6/h5-6H,1-4H2/q+1. The molecule has 0 aromatic rings. The van der Waals surface area contributed by atoms with E-state index in [1.54, 1.807) is 5.55 Å². The Morgan fingerprint density at radius 3 is 2.73 bits per heavy atom. The number of hydrogen-bond acceptors (Lipinski definition) is 3. The van der Waals surface area contributed by atoms with Crippen LogP contribution in [0.4, 0.5) is 0 Å². The Balaban J connectivity index is 2.05. The van der Waals surface area contributed by atoms with Crippen molar-refractivity contribution in [2.24, 2.45) is 10.2 Å². The molecule has 0 bridgehead atoms. The second-order valence-corrected chi connectivity index (χ2v) is 4.11. The van der Waals surface area contributed by atoms with Crippen LogP contribution in [0, 0.1) is 0 Å². The minimum absolute atomic E-state index is 0.390. The lowest BCUT2D eigenvalue weighted by Crippen LogP contribution is -2.28. The molecule has 0 saturated heterocycles. The third-order valence-corrected chi connectivity index (χ3v) is 3.05. The summed E-state index contributed by atoms with van der Waals surface area (Å²) in [5, 5.41) is 7.80. The molecule has 2 heterocycles. The van der Waals surface area contributed by atoms with Gasteiger partial charge in [-0.2, -0.15) is 10.2 Å². The Hall–Kier alpha value is -0.580. The van der Waals surface area contributed by atoms with Gasteiger partial charge < -0.3 is 0 Å². The number of hydrogen-bond donors (Lipinski definition) is 0. The van der Waals surface area contributed by atoms with Crippen molar-refractivity contribution in [2.75, 3.05) is 25.4 Å². The van der Waals surface area contributed by atoms with Gasteiger partial charge in [0.15, 0.2) is 12.6 Å². The van der Waals surface area contributed by atoms with Crippen LogP contribution in [0.3, 0.4) is 0 Å². The molecule has 11 heavy (non-hydrogen) atoms. The van der Waals surface area contributed by atoms with Gasteiger partial charge in [0.1, 0.15) is 23.9 Å². The maximum Gasteiger partial charge on any atom is 0.229 e. The van der Waals surface area contributed by atoms with Crippen LogP contribution in [-0.4, -0.2) is 45.8 Å². The van der Waals surface area contributed by atoms with E-state index in [1.165, 1.54) is 0 Å². The van der Waals surface area contributed by atoms with Gasteiger partial charge in [-0.15, -0.1) is 0 Å². The Morgan fingerprint density at radius 1 is 1.45 bits per heavy atom. The van der Waals surface area contributed by atoms with Gasteiger partial charge in [-0.3, -0.25) is 0 Å². The van der Waals surface area contributed by atoms with Gasteiger partial charge in [-0.1, -0.05) is 0 Å². The van der Waals surface area contributed by atoms with Crippen molar-refractivity contribution in [3.8, 4) is 0 Å². The van der Waals surface area contributed by atoms with E-state index in [-0.39, 0.29) is 0 Å². The van der Waals surface area contributed by atoms with Crippen molar-refractivity contribution in [1.29, 1.82) is 0 Å². The summed E-state index contributed by atoms with van der Waals surface area (Å²) in [6, 6.07) is 0.390. The van der Waals surface area contributed by atoms with Crippen LogP contribution in [0.1, 0.15) is 0 Å². The third-order valence-electron chi connectivity index (χ3n) is 1.96. The molecule has 0 fully saturated rings. The number of rotatable bonds is 1. The van der Waals surface area contributed by atoms with Crippen molar-refractivity contribution in [3.05, 3.63) is 0 Å². The van der Waals surface area contributed by atoms with Crippen molar-refractivity contribution < 1.29 is 8.78 Å². The molecule has 1 unspecified atom stereocenters. The molecule has 2 aliphatic rings. The molecule has 0 saturated carbocycles. The maximum absolute atomic E-state index is 11.0. The SMILES string of the molecule is O=S1C=[N+](C2CN=NC2)CC1. The van der Waals surface area contributed by atoms with Crippen LogP contribution in [0.25, 0.3) is 0 Å². The van der Waals surface area contributed by atoms with E-state index < -0.39 is 10.8 Å². The van der Waals surface area contributed by atoms with Crippen molar-refractivity contribution in [1.82, 2.24) is 0 Å². The maximum atomic E-state index is 11.0. The molecule has 5 heteroatoms. The summed E-state index contributed by atoms with van der Waals surface area (Å²) in [6.07, 6.45) is 0. The van der Waals surface area contributed by atoms with Gasteiger partial charge in [0.2, 0.25) is 5.55 Å². The van der Waals surface area contributed by atoms with Crippen LogP contribution in [0.5, 0.6) is 0 Å². The molecule has 60 valence electrons. The number of azo groups is 1. The Labute approximate surface area is 67.5 Å². The summed E-state index contributed by atoms with van der Waals surface area (Å²) >= 11 is 0. The van der Waals surface area contributed by atoms with Crippen LogP contribution in [0.15, 0.2) is 10.2 Å². The van der Waals surface area contributed by atoms with Crippen molar-refractivity contribution >= 4 is 16.3 Å². The van der Waals surface area contributed by atoms with Crippen molar-refractivity contribution in [3.63, 3.8) is 0 Å². The van der Waals surface area contributed by atoms with Gasteiger partial charge in [0.05, 0.1) is 5.75 Å². The molecule has 1 atom stereocenters. The van der Waals surface area contributed by atoms with E-state index in [9.17, 15) is 4.21 Å². The summed E-state index contributed by atoms with van der Waals surface area (Å²) in [5.41, 5.74) is 1.81. The highest BCUT2D eigenvalue weighted by molar-refractivity contribution is 7.98. The quantitative estimate of drug-likeness (QED) is 0.497. The predicted octanol–water partition coefficient (Wildman–Crippen LogP) is -0.376. The molecule has 4 nitrogen and oxygen atoms in total. The Morgan fingerprint density at radius 2 is 2.18 bits per heavy atom. The fourth-order valence-corrected chi connectivity index (χ4v) is 2.37. The Bertz CT molecular complexity index is 240. The average Bonchev–Trinajstić information content (AvgIpc) is 2.55. The zero-order chi connectivity index (χ0) is 7.68. The fraction of sp³-hybridized carbons (Fsp3) is 0.833. The van der Waals surface area contributed by atoms with Crippen LogP contribution in [-0.2, 0) is 10.8 Å². The molecule has 0 N–H and O–H groups in total. The smallest absolute Gasteiger partial charge is 0.229 e. The Kier molecular flexibility index (Phi) is 1.81. The first-order valence-electron chi connectivity index (χ1n) is 3.67. The second kappa shape index (κ2) is 2.81. The van der Waals surface area contributed by atoms with Crippen molar-refractivity contribution in [2.45, 2.75) is 6.04 Å². The first-order chi connectivity index (χ1) is 5.36. The highest BCUT2D eigenvalue weighted by Crippen LogP contribution is 2.05. The molecule has 0 aliphatic carbocycles. The normalized spacial score (nSPS) is 31.3. The van der Waals surface area contributed by atoms with Crippen LogP contribution in [0.2, 0.25) is 0 Å². The van der Waals surface area contributed by atoms with E-state index >= 15 is 0 Å². The van der Waals surface area contributed by atoms with Gasteiger partial charge in [0.25, 0.3) is 0 Å².